The lowest BCUT2D eigenvalue weighted by Crippen LogP contribution is -2.34. The Kier molecular flexibility index (Phi) is 7.78. The third kappa shape index (κ3) is 6.68. The Balaban J connectivity index is 1.59. The predicted molar refractivity (Wildman–Crippen MR) is 135 cm³/mol. The monoisotopic (exact) mass is 524 g/mol. The van der Waals surface area contributed by atoms with Gasteiger partial charge in [-0.2, -0.15) is 8.42 Å². The van der Waals surface area contributed by atoms with Crippen molar-refractivity contribution in [3.05, 3.63) is 108 Å². The van der Waals surface area contributed by atoms with E-state index in [9.17, 15) is 17.6 Å². The number of rotatable bonds is 9. The van der Waals surface area contributed by atoms with Gasteiger partial charge in [0.15, 0.2) is 11.5 Å². The molecule has 10 heteroatoms. The molecule has 0 radical (unpaired) electrons. The average molecular weight is 525 g/mol. The third-order valence-corrected chi connectivity index (χ3v) is 6.67. The Morgan fingerprint density at radius 1 is 0.973 bits per heavy atom. The van der Waals surface area contributed by atoms with E-state index in [-0.39, 0.29) is 35.5 Å². The molecule has 2 amide bonds. The van der Waals surface area contributed by atoms with Crippen LogP contribution < -0.4 is 14.2 Å². The molecule has 4 rings (SSSR count). The van der Waals surface area contributed by atoms with Crippen LogP contribution in [-0.4, -0.2) is 26.5 Å². The summed E-state index contributed by atoms with van der Waals surface area (Å²) in [7, 11) is -2.88. The van der Waals surface area contributed by atoms with Gasteiger partial charge in [-0.15, -0.1) is 0 Å². The Labute approximate surface area is 214 Å². The highest BCUT2D eigenvalue weighted by Crippen LogP contribution is 2.31. The van der Waals surface area contributed by atoms with Gasteiger partial charge in [-0.05, 0) is 73.2 Å². The third-order valence-electron chi connectivity index (χ3n) is 5.42. The van der Waals surface area contributed by atoms with Gasteiger partial charge < -0.3 is 23.6 Å². The van der Waals surface area contributed by atoms with Crippen molar-refractivity contribution in [2.75, 3.05) is 12.4 Å². The fraction of sp³-hybridized carbons (Fsp3) is 0.148. The smallest absolute Gasteiger partial charge is 0.339 e. The molecule has 1 N–H and O–H groups in total. The first-order chi connectivity index (χ1) is 17.7. The molecule has 0 bridgehead atoms. The summed E-state index contributed by atoms with van der Waals surface area (Å²) >= 11 is 0. The molecule has 1 aromatic heterocycles. The van der Waals surface area contributed by atoms with Crippen LogP contribution in [0.3, 0.4) is 0 Å². The van der Waals surface area contributed by atoms with E-state index >= 15 is 0 Å². The number of methoxy groups -OCH3 is 1. The van der Waals surface area contributed by atoms with Gasteiger partial charge in [0.25, 0.3) is 0 Å². The molecular formula is C27H25FN2O6S. The number of benzene rings is 3. The number of halogens is 1. The summed E-state index contributed by atoms with van der Waals surface area (Å²) in [6.07, 6.45) is 1.52. The van der Waals surface area contributed by atoms with Gasteiger partial charge in [-0.25, -0.2) is 9.18 Å². The molecule has 3 aromatic carbocycles. The Morgan fingerprint density at radius 3 is 2.35 bits per heavy atom. The number of anilines is 1. The number of carbonyl (C=O) groups is 1. The van der Waals surface area contributed by atoms with Gasteiger partial charge in [0.1, 0.15) is 16.5 Å². The van der Waals surface area contributed by atoms with Crippen LogP contribution >= 0.6 is 0 Å². The maximum absolute atomic E-state index is 13.3. The largest absolute Gasteiger partial charge is 0.493 e. The number of aryl methyl sites for hydroxylation is 1. The number of amides is 2. The fourth-order valence-electron chi connectivity index (χ4n) is 3.50. The number of ether oxygens (including phenoxy) is 1. The second-order valence-electron chi connectivity index (χ2n) is 8.21. The maximum Gasteiger partial charge on any atom is 0.339 e. The molecule has 0 aliphatic heterocycles. The number of urea groups is 1. The first kappa shape index (κ1) is 25.8. The summed E-state index contributed by atoms with van der Waals surface area (Å²) in [6, 6.07) is 19.5. The number of nitrogens with zero attached hydrogens (tertiary/aromatic N) is 1. The van der Waals surface area contributed by atoms with E-state index in [1.165, 1.54) is 24.3 Å². The van der Waals surface area contributed by atoms with E-state index in [1.54, 1.807) is 36.4 Å². The number of hydrogen-bond donors (Lipinski definition) is 1. The van der Waals surface area contributed by atoms with Crippen LogP contribution in [0.1, 0.15) is 16.9 Å². The minimum Gasteiger partial charge on any atom is -0.493 e. The summed E-state index contributed by atoms with van der Waals surface area (Å²) in [4.78, 5) is 14.5. The van der Waals surface area contributed by atoms with Gasteiger partial charge in [0.2, 0.25) is 0 Å². The zero-order valence-corrected chi connectivity index (χ0v) is 21.0. The van der Waals surface area contributed by atoms with E-state index in [4.69, 9.17) is 13.3 Å². The van der Waals surface area contributed by atoms with Crippen molar-refractivity contribution in [3.8, 4) is 11.5 Å². The van der Waals surface area contributed by atoms with Crippen molar-refractivity contribution < 1.29 is 30.9 Å². The quantitative estimate of drug-likeness (QED) is 0.281. The van der Waals surface area contributed by atoms with Crippen molar-refractivity contribution in [3.63, 3.8) is 0 Å². The van der Waals surface area contributed by atoms with Crippen LogP contribution in [-0.2, 0) is 23.2 Å². The zero-order valence-electron chi connectivity index (χ0n) is 20.2. The summed E-state index contributed by atoms with van der Waals surface area (Å²) in [5, 5.41) is 2.87. The molecule has 0 aliphatic carbocycles. The Hall–Kier alpha value is -4.31. The molecule has 0 unspecified atom stereocenters. The fourth-order valence-corrected chi connectivity index (χ4v) is 4.43. The van der Waals surface area contributed by atoms with Gasteiger partial charge >= 0.3 is 16.1 Å². The van der Waals surface area contributed by atoms with Crippen LogP contribution in [0.4, 0.5) is 14.9 Å². The number of carbonyl (C=O) groups excluding carboxylic acids is 1. The van der Waals surface area contributed by atoms with E-state index in [0.29, 0.717) is 17.0 Å². The maximum atomic E-state index is 13.3. The highest BCUT2D eigenvalue weighted by molar-refractivity contribution is 7.87. The SMILES string of the molecule is COc1ccc(CN(Cc2ccco2)C(=O)Nc2ccc(C)cc2)cc1OS(=O)(=O)c1ccc(F)cc1. The van der Waals surface area contributed by atoms with Crippen molar-refractivity contribution in [2.45, 2.75) is 24.9 Å². The summed E-state index contributed by atoms with van der Waals surface area (Å²) < 4.78 is 54.8. The summed E-state index contributed by atoms with van der Waals surface area (Å²) in [5.41, 5.74) is 2.27. The number of furan rings is 1. The van der Waals surface area contributed by atoms with Gasteiger partial charge in [-0.3, -0.25) is 0 Å². The Morgan fingerprint density at radius 2 is 1.70 bits per heavy atom. The molecule has 37 heavy (non-hydrogen) atoms. The van der Waals surface area contributed by atoms with Crippen LogP contribution in [0, 0.1) is 12.7 Å². The molecule has 0 spiro atoms. The second kappa shape index (κ2) is 11.2. The molecule has 0 fully saturated rings. The van der Waals surface area contributed by atoms with Gasteiger partial charge in [0, 0.05) is 12.2 Å². The topological polar surface area (TPSA) is 98.1 Å². The zero-order chi connectivity index (χ0) is 26.4. The summed E-state index contributed by atoms with van der Waals surface area (Å²) in [6.45, 7) is 2.23. The lowest BCUT2D eigenvalue weighted by atomic mass is 10.2. The standard InChI is InChI=1S/C27H25FN2O6S/c1-19-5-10-22(11-6-19)29-27(31)30(18-23-4-3-15-35-23)17-20-7-14-25(34-2)26(16-20)36-37(32,33)24-12-8-21(28)9-13-24/h3-16H,17-18H2,1-2H3,(H,29,31). The van der Waals surface area contributed by atoms with Crippen LogP contribution in [0.5, 0.6) is 11.5 Å². The normalized spacial score (nSPS) is 11.1. The first-order valence-corrected chi connectivity index (χ1v) is 12.7. The van der Waals surface area contributed by atoms with E-state index < -0.39 is 15.9 Å². The van der Waals surface area contributed by atoms with Crippen LogP contribution in [0.25, 0.3) is 0 Å². The number of nitrogens with one attached hydrogen (secondary N) is 1. The van der Waals surface area contributed by atoms with Gasteiger partial charge in [-0.1, -0.05) is 23.8 Å². The molecule has 4 aromatic rings. The lowest BCUT2D eigenvalue weighted by molar-refractivity contribution is 0.201. The van der Waals surface area contributed by atoms with Gasteiger partial charge in [0.05, 0.1) is 19.9 Å². The molecule has 0 saturated carbocycles. The van der Waals surface area contributed by atoms with Crippen LogP contribution in [0.15, 0.2) is 94.4 Å². The van der Waals surface area contributed by atoms with Crippen molar-refractivity contribution in [1.29, 1.82) is 0 Å². The molecular weight excluding hydrogens is 499 g/mol. The predicted octanol–water partition coefficient (Wildman–Crippen LogP) is 5.74. The molecule has 8 nitrogen and oxygen atoms in total. The second-order valence-corrected chi connectivity index (χ2v) is 9.75. The summed E-state index contributed by atoms with van der Waals surface area (Å²) in [5.74, 6) is 0.111. The molecule has 0 atom stereocenters. The minimum absolute atomic E-state index is 0.0683. The lowest BCUT2D eigenvalue weighted by Gasteiger charge is -2.23. The molecule has 1 heterocycles. The van der Waals surface area contributed by atoms with E-state index in [2.05, 4.69) is 5.32 Å². The van der Waals surface area contributed by atoms with E-state index in [0.717, 1.165) is 29.8 Å². The van der Waals surface area contributed by atoms with Crippen molar-refractivity contribution in [1.82, 2.24) is 4.90 Å². The van der Waals surface area contributed by atoms with Crippen molar-refractivity contribution in [2.24, 2.45) is 0 Å². The highest BCUT2D eigenvalue weighted by atomic mass is 32.2. The minimum atomic E-state index is -4.26. The number of hydrogen-bond acceptors (Lipinski definition) is 6. The molecule has 192 valence electrons. The highest BCUT2D eigenvalue weighted by Gasteiger charge is 2.21. The molecule has 0 aliphatic rings. The van der Waals surface area contributed by atoms with Crippen molar-refractivity contribution >= 4 is 21.8 Å². The Bertz CT molecular complexity index is 1450. The molecule has 0 saturated heterocycles. The average Bonchev–Trinajstić information content (AvgIpc) is 3.38. The first-order valence-electron chi connectivity index (χ1n) is 11.3. The van der Waals surface area contributed by atoms with Crippen LogP contribution in [0.2, 0.25) is 0 Å². The van der Waals surface area contributed by atoms with E-state index in [1.807, 2.05) is 19.1 Å².